The molecule has 23 heavy (non-hydrogen) atoms. The highest BCUT2D eigenvalue weighted by Crippen LogP contribution is 2.40. The fourth-order valence-electron chi connectivity index (χ4n) is 1.90. The predicted octanol–water partition coefficient (Wildman–Crippen LogP) is 4.58. The molecule has 0 spiro atoms. The van der Waals surface area contributed by atoms with E-state index in [1.54, 1.807) is 0 Å². The van der Waals surface area contributed by atoms with Crippen molar-refractivity contribution in [3.63, 3.8) is 0 Å². The van der Waals surface area contributed by atoms with Crippen LogP contribution in [-0.4, -0.2) is 30.7 Å². The number of para-hydroxylation sites is 2. The second kappa shape index (κ2) is 5.72. The van der Waals surface area contributed by atoms with Crippen LogP contribution >= 0.6 is 11.6 Å². The molecule has 0 fully saturated rings. The maximum Gasteiger partial charge on any atom is 0.444 e. The minimum Gasteiger partial charge on any atom is -0.423 e. The van der Waals surface area contributed by atoms with Crippen LogP contribution in [0.3, 0.4) is 0 Å². The summed E-state index contributed by atoms with van der Waals surface area (Å²) in [4.78, 5) is 0. The summed E-state index contributed by atoms with van der Waals surface area (Å²) in [6.45, 7) is 0. The molecule has 0 radical (unpaired) electrons. The van der Waals surface area contributed by atoms with Crippen molar-refractivity contribution in [3.05, 3.63) is 36.5 Å². The minimum absolute atomic E-state index is 0.139. The molecule has 3 nitrogen and oxygen atoms in total. The minimum atomic E-state index is -4.69. The number of nitrogens with zero attached hydrogens (tertiary/aromatic N) is 2. The molecule has 10 heteroatoms. The van der Waals surface area contributed by atoms with Crippen molar-refractivity contribution >= 4 is 23.0 Å². The monoisotopic (exact) mass is 359 g/mol. The SMILES string of the molecule is C[N+]1(c2ccccc2OC(F)(F)C(F)Cl)C=CC(C(F)(F)F)=N1. The van der Waals surface area contributed by atoms with Gasteiger partial charge in [0.25, 0.3) is 5.63 Å². The molecular weight excluding hydrogens is 350 g/mol. The van der Waals surface area contributed by atoms with Gasteiger partial charge in [0, 0.05) is 12.1 Å². The summed E-state index contributed by atoms with van der Waals surface area (Å²) in [6, 6.07) is 4.99. The molecule has 0 bridgehead atoms. The van der Waals surface area contributed by atoms with Gasteiger partial charge in [-0.1, -0.05) is 28.8 Å². The van der Waals surface area contributed by atoms with Gasteiger partial charge in [0.2, 0.25) is 11.4 Å². The van der Waals surface area contributed by atoms with Gasteiger partial charge in [-0.05, 0) is 6.07 Å². The van der Waals surface area contributed by atoms with Crippen LogP contribution in [0, 0.1) is 0 Å². The van der Waals surface area contributed by atoms with E-state index in [1.165, 1.54) is 25.2 Å². The van der Waals surface area contributed by atoms with Crippen molar-refractivity contribution in [3.8, 4) is 5.75 Å². The van der Waals surface area contributed by atoms with Gasteiger partial charge in [0.05, 0.1) is 0 Å². The van der Waals surface area contributed by atoms with Crippen LogP contribution in [0.5, 0.6) is 5.75 Å². The Morgan fingerprint density at radius 3 is 2.30 bits per heavy atom. The lowest BCUT2D eigenvalue weighted by atomic mass is 10.2. The molecule has 1 aliphatic heterocycles. The molecule has 0 saturated heterocycles. The van der Waals surface area contributed by atoms with E-state index in [2.05, 4.69) is 9.84 Å². The second-order valence-corrected chi connectivity index (χ2v) is 5.14. The fraction of sp³-hybridized carbons (Fsp3) is 0.308. The van der Waals surface area contributed by atoms with E-state index in [-0.39, 0.29) is 5.69 Å². The van der Waals surface area contributed by atoms with E-state index in [4.69, 9.17) is 11.6 Å². The summed E-state index contributed by atoms with van der Waals surface area (Å²) >= 11 is 4.71. The lowest BCUT2D eigenvalue weighted by molar-refractivity contribution is -0.199. The number of hydrogen-bond donors (Lipinski definition) is 0. The first-order chi connectivity index (χ1) is 10.5. The molecule has 126 valence electrons. The summed E-state index contributed by atoms with van der Waals surface area (Å²) in [6.07, 6.45) is -7.28. The van der Waals surface area contributed by atoms with Gasteiger partial charge in [-0.15, -0.1) is 4.59 Å². The topological polar surface area (TPSA) is 21.6 Å². The van der Waals surface area contributed by atoms with Gasteiger partial charge in [0.15, 0.2) is 5.75 Å². The third-order valence-electron chi connectivity index (χ3n) is 2.98. The Labute approximate surface area is 132 Å². The number of hydrogen-bond acceptors (Lipinski definition) is 2. The van der Waals surface area contributed by atoms with Crippen LogP contribution in [0.4, 0.5) is 32.0 Å². The molecule has 2 atom stereocenters. The molecule has 0 aromatic heterocycles. The maximum absolute atomic E-state index is 13.3. The molecule has 1 aromatic rings. The van der Waals surface area contributed by atoms with E-state index < -0.39 is 34.0 Å². The summed E-state index contributed by atoms with van der Waals surface area (Å²) in [5.41, 5.74) is -4.44. The van der Waals surface area contributed by atoms with Crippen molar-refractivity contribution in [2.24, 2.45) is 5.10 Å². The molecular formula is C13H10ClF6N2O+. The lowest BCUT2D eigenvalue weighted by Crippen LogP contribution is -2.36. The van der Waals surface area contributed by atoms with Gasteiger partial charge in [-0.2, -0.15) is 22.0 Å². The third kappa shape index (κ3) is 3.61. The highest BCUT2D eigenvalue weighted by molar-refractivity contribution is 6.20. The smallest absolute Gasteiger partial charge is 0.423 e. The quantitative estimate of drug-likeness (QED) is 0.438. The number of halogens is 7. The first-order valence-corrected chi connectivity index (χ1v) is 6.57. The van der Waals surface area contributed by atoms with Crippen molar-refractivity contribution in [2.45, 2.75) is 17.9 Å². The van der Waals surface area contributed by atoms with Crippen molar-refractivity contribution < 1.29 is 31.1 Å². The van der Waals surface area contributed by atoms with Gasteiger partial charge >= 0.3 is 12.3 Å². The Morgan fingerprint density at radius 2 is 1.78 bits per heavy atom. The second-order valence-electron chi connectivity index (χ2n) is 4.76. The van der Waals surface area contributed by atoms with Gasteiger partial charge in [-0.25, -0.2) is 4.39 Å². The van der Waals surface area contributed by atoms with Crippen LogP contribution in [-0.2, 0) is 0 Å². The highest BCUT2D eigenvalue weighted by atomic mass is 35.5. The number of ether oxygens (including phenoxy) is 1. The number of alkyl halides is 7. The molecule has 1 aromatic carbocycles. The molecule has 1 aliphatic rings. The Balaban J connectivity index is 2.43. The Bertz CT molecular complexity index is 658. The van der Waals surface area contributed by atoms with E-state index in [0.717, 1.165) is 12.3 Å². The molecule has 2 rings (SSSR count). The molecule has 0 N–H and O–H groups in total. The summed E-state index contributed by atoms with van der Waals surface area (Å²) < 4.78 is 80.8. The number of allylic oxidation sites excluding steroid dienone is 1. The van der Waals surface area contributed by atoms with E-state index in [0.29, 0.717) is 6.08 Å². The van der Waals surface area contributed by atoms with Crippen molar-refractivity contribution in [1.29, 1.82) is 0 Å². The first-order valence-electron chi connectivity index (χ1n) is 6.13. The Morgan fingerprint density at radius 1 is 1.17 bits per heavy atom. The Hall–Kier alpha value is -1.74. The van der Waals surface area contributed by atoms with E-state index >= 15 is 0 Å². The van der Waals surface area contributed by atoms with Crippen molar-refractivity contribution in [2.75, 3.05) is 7.05 Å². The predicted molar refractivity (Wildman–Crippen MR) is 73.1 cm³/mol. The van der Waals surface area contributed by atoms with Crippen LogP contribution in [0.15, 0.2) is 41.6 Å². The molecule has 2 unspecified atom stereocenters. The van der Waals surface area contributed by atoms with Crippen LogP contribution in [0.2, 0.25) is 0 Å². The molecule has 1 heterocycles. The first kappa shape index (κ1) is 17.6. The fourth-order valence-corrected chi connectivity index (χ4v) is 1.94. The van der Waals surface area contributed by atoms with E-state index in [1.807, 2.05) is 0 Å². The summed E-state index contributed by atoms with van der Waals surface area (Å²) in [7, 11) is 1.23. The van der Waals surface area contributed by atoms with Crippen LogP contribution < -0.4 is 9.33 Å². The average Bonchev–Trinajstić information content (AvgIpc) is 2.82. The normalized spacial score (nSPS) is 22.9. The van der Waals surface area contributed by atoms with Crippen LogP contribution in [0.1, 0.15) is 0 Å². The zero-order valence-corrected chi connectivity index (χ0v) is 12.2. The number of benzene rings is 1. The highest BCUT2D eigenvalue weighted by Gasteiger charge is 2.46. The zero-order chi connectivity index (χ0) is 17.5. The average molecular weight is 360 g/mol. The Kier molecular flexibility index (Phi) is 4.38. The van der Waals surface area contributed by atoms with Gasteiger partial charge < -0.3 is 4.74 Å². The van der Waals surface area contributed by atoms with E-state index in [9.17, 15) is 26.3 Å². The number of rotatable bonds is 4. The van der Waals surface area contributed by atoms with Gasteiger partial charge in [-0.3, -0.25) is 0 Å². The lowest BCUT2D eigenvalue weighted by Gasteiger charge is -2.25. The zero-order valence-electron chi connectivity index (χ0n) is 11.5. The van der Waals surface area contributed by atoms with Gasteiger partial charge in [0.1, 0.15) is 13.2 Å². The molecule has 0 aliphatic carbocycles. The molecule has 0 amide bonds. The third-order valence-corrected chi connectivity index (χ3v) is 3.24. The largest absolute Gasteiger partial charge is 0.444 e. The van der Waals surface area contributed by atoms with Crippen molar-refractivity contribution in [1.82, 2.24) is 4.59 Å². The van der Waals surface area contributed by atoms with Crippen LogP contribution in [0.25, 0.3) is 0 Å². The molecule has 0 saturated carbocycles. The number of quaternary nitrogens is 1. The summed E-state index contributed by atoms with van der Waals surface area (Å²) in [5.74, 6) is -0.542. The summed E-state index contributed by atoms with van der Waals surface area (Å²) in [5, 5.41) is 3.46. The standard InChI is InChI=1S/C13H10ClF6N2O/c1-22(7-6-10(21-22)12(16,17)18)8-4-2-3-5-9(8)23-13(19,20)11(14)15/h2-7,11H,1H3/q+1. The maximum atomic E-state index is 13.3.